The van der Waals surface area contributed by atoms with Crippen molar-refractivity contribution in [3.63, 3.8) is 0 Å². The molecule has 0 amide bonds. The average molecular weight is 264 g/mol. The zero-order valence-electron chi connectivity index (χ0n) is 11.3. The molecule has 2 atom stereocenters. The Morgan fingerprint density at radius 2 is 2.16 bits per heavy atom. The maximum atomic E-state index is 13.4. The number of nitrogens with two attached hydrogens (primary N) is 1. The molecule has 1 heterocycles. The first kappa shape index (κ1) is 12.9. The lowest BCUT2D eigenvalue weighted by atomic mass is 9.99. The Hall–Kier alpha value is -1.13. The van der Waals surface area contributed by atoms with E-state index in [1.54, 1.807) is 6.07 Å². The molecule has 104 valence electrons. The number of nitrogens with zero attached hydrogens (tertiary/aromatic N) is 1. The van der Waals surface area contributed by atoms with Gasteiger partial charge in [-0.25, -0.2) is 4.39 Å². The molecule has 0 aromatic heterocycles. The number of methoxy groups -OCH3 is 1. The fourth-order valence-electron chi connectivity index (χ4n) is 3.15. The summed E-state index contributed by atoms with van der Waals surface area (Å²) in [5.41, 5.74) is 7.30. The molecule has 2 fully saturated rings. The molecule has 0 bridgehead atoms. The van der Waals surface area contributed by atoms with Crippen LogP contribution in [0.5, 0.6) is 5.75 Å². The van der Waals surface area contributed by atoms with Crippen LogP contribution in [-0.2, 0) is 6.54 Å². The van der Waals surface area contributed by atoms with Gasteiger partial charge in [0.25, 0.3) is 0 Å². The highest BCUT2D eigenvalue weighted by atomic mass is 19.1. The molecule has 0 radical (unpaired) electrons. The van der Waals surface area contributed by atoms with E-state index >= 15 is 0 Å². The van der Waals surface area contributed by atoms with E-state index in [1.807, 2.05) is 6.07 Å². The highest BCUT2D eigenvalue weighted by Gasteiger charge is 2.40. The lowest BCUT2D eigenvalue weighted by molar-refractivity contribution is 0.308. The summed E-state index contributed by atoms with van der Waals surface area (Å²) in [6.45, 7) is 2.85. The predicted molar refractivity (Wildman–Crippen MR) is 72.4 cm³/mol. The zero-order chi connectivity index (χ0) is 13.4. The van der Waals surface area contributed by atoms with Gasteiger partial charge in [0.15, 0.2) is 11.6 Å². The van der Waals surface area contributed by atoms with Crippen LogP contribution < -0.4 is 10.5 Å². The van der Waals surface area contributed by atoms with Crippen LogP contribution in [0.4, 0.5) is 4.39 Å². The zero-order valence-corrected chi connectivity index (χ0v) is 11.3. The lowest BCUT2D eigenvalue weighted by Crippen LogP contribution is -2.30. The number of halogens is 1. The second-order valence-electron chi connectivity index (χ2n) is 5.83. The van der Waals surface area contributed by atoms with Crippen LogP contribution in [0.2, 0.25) is 0 Å². The van der Waals surface area contributed by atoms with Gasteiger partial charge in [0.1, 0.15) is 0 Å². The van der Waals surface area contributed by atoms with Crippen molar-refractivity contribution in [2.24, 2.45) is 17.6 Å². The summed E-state index contributed by atoms with van der Waals surface area (Å²) in [7, 11) is 1.50. The number of rotatable bonds is 4. The Labute approximate surface area is 113 Å². The SMILES string of the molecule is COc1cc(CN2CC(N)C(C3CC3)C2)ccc1F. The van der Waals surface area contributed by atoms with Gasteiger partial charge in [0, 0.05) is 25.7 Å². The van der Waals surface area contributed by atoms with Gasteiger partial charge < -0.3 is 10.5 Å². The molecule has 2 unspecified atom stereocenters. The third kappa shape index (κ3) is 2.74. The summed E-state index contributed by atoms with van der Waals surface area (Å²) in [6.07, 6.45) is 2.69. The van der Waals surface area contributed by atoms with E-state index in [1.165, 1.54) is 26.0 Å². The smallest absolute Gasteiger partial charge is 0.165 e. The number of benzene rings is 1. The molecule has 3 nitrogen and oxygen atoms in total. The van der Waals surface area contributed by atoms with Crippen LogP contribution in [0.3, 0.4) is 0 Å². The topological polar surface area (TPSA) is 38.5 Å². The molecule has 1 aliphatic heterocycles. The highest BCUT2D eigenvalue weighted by Crippen LogP contribution is 2.41. The van der Waals surface area contributed by atoms with Crippen molar-refractivity contribution in [2.45, 2.75) is 25.4 Å². The summed E-state index contributed by atoms with van der Waals surface area (Å²) in [4.78, 5) is 2.38. The van der Waals surface area contributed by atoms with Crippen molar-refractivity contribution in [1.82, 2.24) is 4.90 Å². The second kappa shape index (κ2) is 5.10. The van der Waals surface area contributed by atoms with Crippen LogP contribution in [0.15, 0.2) is 18.2 Å². The number of hydrogen-bond donors (Lipinski definition) is 1. The van der Waals surface area contributed by atoms with E-state index in [2.05, 4.69) is 4.90 Å². The third-order valence-corrected chi connectivity index (χ3v) is 4.34. The largest absolute Gasteiger partial charge is 0.494 e. The molecule has 19 heavy (non-hydrogen) atoms. The minimum Gasteiger partial charge on any atom is -0.494 e. The van der Waals surface area contributed by atoms with Crippen LogP contribution in [0.1, 0.15) is 18.4 Å². The van der Waals surface area contributed by atoms with Crippen molar-refractivity contribution in [1.29, 1.82) is 0 Å². The van der Waals surface area contributed by atoms with Crippen molar-refractivity contribution in [3.8, 4) is 5.75 Å². The molecular weight excluding hydrogens is 243 g/mol. The second-order valence-corrected chi connectivity index (χ2v) is 5.83. The molecule has 1 aliphatic carbocycles. The summed E-state index contributed by atoms with van der Waals surface area (Å²) < 4.78 is 18.4. The fraction of sp³-hybridized carbons (Fsp3) is 0.600. The van der Waals surface area contributed by atoms with E-state index in [9.17, 15) is 4.39 Å². The summed E-state index contributed by atoms with van der Waals surface area (Å²) in [5.74, 6) is 1.52. The average Bonchev–Trinajstić information content (AvgIpc) is 3.17. The quantitative estimate of drug-likeness (QED) is 0.904. The molecule has 1 saturated heterocycles. The Morgan fingerprint density at radius 3 is 2.84 bits per heavy atom. The number of ether oxygens (including phenoxy) is 1. The van der Waals surface area contributed by atoms with Crippen molar-refractivity contribution in [2.75, 3.05) is 20.2 Å². The van der Waals surface area contributed by atoms with Crippen LogP contribution in [-0.4, -0.2) is 31.1 Å². The molecular formula is C15H21FN2O. The standard InChI is InChI=1S/C15H21FN2O/c1-19-15-6-10(2-5-13(15)16)7-18-8-12(11-3-4-11)14(17)9-18/h2,5-6,11-12,14H,3-4,7-9,17H2,1H3. The molecule has 0 spiro atoms. The first-order valence-corrected chi connectivity index (χ1v) is 6.97. The monoisotopic (exact) mass is 264 g/mol. The van der Waals surface area contributed by atoms with E-state index < -0.39 is 0 Å². The summed E-state index contributed by atoms with van der Waals surface area (Å²) in [5, 5.41) is 0. The van der Waals surface area contributed by atoms with Gasteiger partial charge in [-0.05, 0) is 42.4 Å². The van der Waals surface area contributed by atoms with E-state index in [0.717, 1.165) is 31.1 Å². The molecule has 2 N–H and O–H groups in total. The molecule has 1 aromatic carbocycles. The highest BCUT2D eigenvalue weighted by molar-refractivity contribution is 5.30. The lowest BCUT2D eigenvalue weighted by Gasteiger charge is -2.16. The Morgan fingerprint density at radius 1 is 1.37 bits per heavy atom. The summed E-state index contributed by atoms with van der Waals surface area (Å²) in [6, 6.07) is 5.39. The van der Waals surface area contributed by atoms with Crippen LogP contribution >= 0.6 is 0 Å². The van der Waals surface area contributed by atoms with Gasteiger partial charge in [-0.2, -0.15) is 0 Å². The first-order chi connectivity index (χ1) is 9.17. The first-order valence-electron chi connectivity index (χ1n) is 6.97. The van der Waals surface area contributed by atoms with E-state index in [0.29, 0.717) is 17.7 Å². The summed E-state index contributed by atoms with van der Waals surface area (Å²) >= 11 is 0. The Balaban J connectivity index is 1.65. The molecule has 4 heteroatoms. The number of hydrogen-bond acceptors (Lipinski definition) is 3. The van der Waals surface area contributed by atoms with Crippen LogP contribution in [0.25, 0.3) is 0 Å². The number of likely N-dealkylation sites (tertiary alicyclic amines) is 1. The Bertz CT molecular complexity index is 461. The molecule has 3 rings (SSSR count). The van der Waals surface area contributed by atoms with Gasteiger partial charge in [-0.15, -0.1) is 0 Å². The Kier molecular flexibility index (Phi) is 3.46. The normalized spacial score (nSPS) is 27.7. The minimum absolute atomic E-state index is 0.301. The molecule has 1 saturated carbocycles. The fourth-order valence-corrected chi connectivity index (χ4v) is 3.15. The third-order valence-electron chi connectivity index (χ3n) is 4.34. The minimum atomic E-state index is -0.305. The molecule has 1 aromatic rings. The van der Waals surface area contributed by atoms with Gasteiger partial charge in [-0.1, -0.05) is 6.07 Å². The van der Waals surface area contributed by atoms with Gasteiger partial charge in [0.05, 0.1) is 7.11 Å². The van der Waals surface area contributed by atoms with Crippen molar-refractivity contribution in [3.05, 3.63) is 29.6 Å². The van der Waals surface area contributed by atoms with E-state index in [-0.39, 0.29) is 5.82 Å². The molecule has 2 aliphatic rings. The maximum absolute atomic E-state index is 13.4. The van der Waals surface area contributed by atoms with Gasteiger partial charge in [-0.3, -0.25) is 4.90 Å². The predicted octanol–water partition coefficient (Wildman–Crippen LogP) is 2.00. The van der Waals surface area contributed by atoms with Gasteiger partial charge in [0.2, 0.25) is 0 Å². The van der Waals surface area contributed by atoms with Crippen molar-refractivity contribution >= 4 is 0 Å². The van der Waals surface area contributed by atoms with Gasteiger partial charge >= 0.3 is 0 Å². The maximum Gasteiger partial charge on any atom is 0.165 e. The van der Waals surface area contributed by atoms with Crippen LogP contribution in [0, 0.1) is 17.7 Å². The van der Waals surface area contributed by atoms with E-state index in [4.69, 9.17) is 10.5 Å². The van der Waals surface area contributed by atoms with Crippen molar-refractivity contribution < 1.29 is 9.13 Å².